The van der Waals surface area contributed by atoms with Crippen molar-refractivity contribution in [3.63, 3.8) is 0 Å². The number of piperidine rings is 1. The van der Waals surface area contributed by atoms with Crippen LogP contribution in [0.3, 0.4) is 0 Å². The Bertz CT molecular complexity index is 726. The number of hydrogen-bond acceptors (Lipinski definition) is 5. The Balaban J connectivity index is 1.88. The van der Waals surface area contributed by atoms with Crippen molar-refractivity contribution in [2.75, 3.05) is 14.2 Å². The molecule has 0 amide bonds. The van der Waals surface area contributed by atoms with Crippen LogP contribution in [0.2, 0.25) is 0 Å². The average Bonchev–Trinajstić information content (AvgIpc) is 2.68. The first kappa shape index (κ1) is 17.3. The van der Waals surface area contributed by atoms with Crippen molar-refractivity contribution in [2.45, 2.75) is 25.4 Å². The van der Waals surface area contributed by atoms with Crippen molar-refractivity contribution < 1.29 is 14.7 Å². The topological polar surface area (TPSA) is 63.1 Å². The summed E-state index contributed by atoms with van der Waals surface area (Å²) in [5.41, 5.74) is 3.10. The quantitative estimate of drug-likeness (QED) is 0.653. The summed E-state index contributed by atoms with van der Waals surface area (Å²) in [5, 5.41) is 16.8. The molecule has 0 bridgehead atoms. The summed E-state index contributed by atoms with van der Waals surface area (Å²) in [6, 6.07) is 16.2. The minimum absolute atomic E-state index is 0.0673. The van der Waals surface area contributed by atoms with E-state index in [4.69, 9.17) is 9.47 Å². The standard InChI is InChI=1S/C20H24N2O3/c1-13-18(22-23)12-19(14-4-8-16(24-2)9-5-14)21-20(13)15-6-10-17(25-3)11-7-15/h4-11,13,19-21,23H,12H2,1-3H3/b22-18-/t13-,19+,20+/m0/s1. The van der Waals surface area contributed by atoms with Crippen LogP contribution in [0.1, 0.15) is 36.6 Å². The minimum Gasteiger partial charge on any atom is -0.497 e. The van der Waals surface area contributed by atoms with Gasteiger partial charge in [0.25, 0.3) is 0 Å². The SMILES string of the molecule is COc1ccc([C@H]2C/C(=N/O)[C@H](C)[C@H](c3ccc(OC)cc3)N2)cc1. The molecule has 2 N–H and O–H groups in total. The predicted octanol–water partition coefficient (Wildman–Crippen LogP) is 3.95. The van der Waals surface area contributed by atoms with E-state index in [2.05, 4.69) is 29.5 Å². The Morgan fingerprint density at radius 1 is 0.920 bits per heavy atom. The van der Waals surface area contributed by atoms with Gasteiger partial charge in [0.15, 0.2) is 0 Å². The molecule has 5 heteroatoms. The van der Waals surface area contributed by atoms with Gasteiger partial charge in [-0.05, 0) is 35.4 Å². The van der Waals surface area contributed by atoms with E-state index in [0.29, 0.717) is 6.42 Å². The van der Waals surface area contributed by atoms with Crippen LogP contribution in [-0.4, -0.2) is 25.1 Å². The van der Waals surface area contributed by atoms with E-state index in [9.17, 15) is 5.21 Å². The summed E-state index contributed by atoms with van der Waals surface area (Å²) in [6.45, 7) is 2.08. The van der Waals surface area contributed by atoms with E-state index in [1.54, 1.807) is 14.2 Å². The van der Waals surface area contributed by atoms with Gasteiger partial charge in [-0.25, -0.2) is 0 Å². The Morgan fingerprint density at radius 3 is 1.92 bits per heavy atom. The number of rotatable bonds is 4. The molecule has 1 aliphatic heterocycles. The summed E-state index contributed by atoms with van der Waals surface area (Å²) in [5.74, 6) is 1.76. The van der Waals surface area contributed by atoms with Gasteiger partial charge in [0, 0.05) is 24.4 Å². The van der Waals surface area contributed by atoms with Crippen LogP contribution in [0.5, 0.6) is 11.5 Å². The van der Waals surface area contributed by atoms with Gasteiger partial charge in [-0.15, -0.1) is 0 Å². The first-order chi connectivity index (χ1) is 12.2. The first-order valence-corrected chi connectivity index (χ1v) is 8.41. The molecule has 25 heavy (non-hydrogen) atoms. The van der Waals surface area contributed by atoms with Gasteiger partial charge in [-0.2, -0.15) is 0 Å². The van der Waals surface area contributed by atoms with Gasteiger partial charge in [0.1, 0.15) is 11.5 Å². The van der Waals surface area contributed by atoms with Crippen LogP contribution >= 0.6 is 0 Å². The summed E-state index contributed by atoms with van der Waals surface area (Å²) < 4.78 is 10.5. The molecule has 0 aliphatic carbocycles. The normalized spacial score (nSPS) is 24.9. The molecule has 0 radical (unpaired) electrons. The van der Waals surface area contributed by atoms with Gasteiger partial charge in [0.05, 0.1) is 19.9 Å². The molecule has 1 heterocycles. The molecule has 1 saturated heterocycles. The molecule has 0 saturated carbocycles. The van der Waals surface area contributed by atoms with E-state index in [0.717, 1.165) is 28.3 Å². The molecule has 0 spiro atoms. The van der Waals surface area contributed by atoms with Crippen molar-refractivity contribution in [3.05, 3.63) is 59.7 Å². The smallest absolute Gasteiger partial charge is 0.118 e. The van der Waals surface area contributed by atoms with Crippen LogP contribution in [0, 0.1) is 5.92 Å². The fourth-order valence-electron chi connectivity index (χ4n) is 3.39. The van der Waals surface area contributed by atoms with Crippen molar-refractivity contribution in [1.82, 2.24) is 5.32 Å². The zero-order valence-corrected chi connectivity index (χ0v) is 14.8. The molecule has 0 aromatic heterocycles. The van der Waals surface area contributed by atoms with E-state index in [-0.39, 0.29) is 18.0 Å². The average molecular weight is 340 g/mol. The summed E-state index contributed by atoms with van der Waals surface area (Å²) in [7, 11) is 3.32. The van der Waals surface area contributed by atoms with E-state index < -0.39 is 0 Å². The molecule has 3 atom stereocenters. The highest BCUT2D eigenvalue weighted by Gasteiger charge is 2.33. The maximum Gasteiger partial charge on any atom is 0.118 e. The second-order valence-electron chi connectivity index (χ2n) is 6.33. The second kappa shape index (κ2) is 7.57. The zero-order valence-electron chi connectivity index (χ0n) is 14.8. The molecule has 5 nitrogen and oxygen atoms in total. The van der Waals surface area contributed by atoms with Gasteiger partial charge >= 0.3 is 0 Å². The highest BCUT2D eigenvalue weighted by Crippen LogP contribution is 2.36. The Kier molecular flexibility index (Phi) is 5.24. The lowest BCUT2D eigenvalue weighted by atomic mass is 9.81. The molecule has 0 unspecified atom stereocenters. The number of ether oxygens (including phenoxy) is 2. The van der Waals surface area contributed by atoms with Gasteiger partial charge in [-0.3, -0.25) is 0 Å². The Labute approximate surface area is 148 Å². The summed E-state index contributed by atoms with van der Waals surface area (Å²) in [6.07, 6.45) is 0.677. The first-order valence-electron chi connectivity index (χ1n) is 8.41. The number of oxime groups is 1. The third kappa shape index (κ3) is 3.61. The van der Waals surface area contributed by atoms with Crippen LogP contribution in [0.4, 0.5) is 0 Å². The fourth-order valence-corrected chi connectivity index (χ4v) is 3.39. The number of benzene rings is 2. The lowest BCUT2D eigenvalue weighted by molar-refractivity contribution is 0.294. The molecule has 1 fully saturated rings. The van der Waals surface area contributed by atoms with Crippen LogP contribution < -0.4 is 14.8 Å². The van der Waals surface area contributed by atoms with Crippen LogP contribution in [0.25, 0.3) is 0 Å². The molecule has 2 aromatic rings. The predicted molar refractivity (Wildman–Crippen MR) is 97.6 cm³/mol. The largest absolute Gasteiger partial charge is 0.497 e. The van der Waals surface area contributed by atoms with Gasteiger partial charge in [-0.1, -0.05) is 36.3 Å². The lowest BCUT2D eigenvalue weighted by Crippen LogP contribution is -2.41. The van der Waals surface area contributed by atoms with Crippen molar-refractivity contribution in [3.8, 4) is 11.5 Å². The Morgan fingerprint density at radius 2 is 1.44 bits per heavy atom. The molecule has 132 valence electrons. The van der Waals surface area contributed by atoms with Crippen LogP contribution in [0.15, 0.2) is 53.7 Å². The number of nitrogens with zero attached hydrogens (tertiary/aromatic N) is 1. The van der Waals surface area contributed by atoms with Crippen molar-refractivity contribution >= 4 is 5.71 Å². The van der Waals surface area contributed by atoms with E-state index in [1.165, 1.54) is 0 Å². The molecular formula is C20H24N2O3. The number of hydrogen-bond donors (Lipinski definition) is 2. The second-order valence-corrected chi connectivity index (χ2v) is 6.33. The fraction of sp³-hybridized carbons (Fsp3) is 0.350. The molecule has 2 aromatic carbocycles. The number of methoxy groups -OCH3 is 2. The van der Waals surface area contributed by atoms with Crippen molar-refractivity contribution in [1.29, 1.82) is 0 Å². The highest BCUT2D eigenvalue weighted by molar-refractivity contribution is 5.88. The molecular weight excluding hydrogens is 316 g/mol. The monoisotopic (exact) mass is 340 g/mol. The zero-order chi connectivity index (χ0) is 17.8. The third-order valence-electron chi connectivity index (χ3n) is 4.94. The maximum atomic E-state index is 9.48. The highest BCUT2D eigenvalue weighted by atomic mass is 16.5. The maximum absolute atomic E-state index is 9.48. The van der Waals surface area contributed by atoms with Crippen molar-refractivity contribution in [2.24, 2.45) is 11.1 Å². The van der Waals surface area contributed by atoms with E-state index >= 15 is 0 Å². The van der Waals surface area contributed by atoms with Gasteiger partial charge < -0.3 is 20.0 Å². The lowest BCUT2D eigenvalue weighted by Gasteiger charge is -2.37. The Hall–Kier alpha value is -2.53. The number of nitrogens with one attached hydrogen (secondary N) is 1. The summed E-state index contributed by atoms with van der Waals surface area (Å²) >= 11 is 0. The molecule has 3 rings (SSSR count). The molecule has 1 aliphatic rings. The van der Waals surface area contributed by atoms with Crippen LogP contribution in [-0.2, 0) is 0 Å². The van der Waals surface area contributed by atoms with Gasteiger partial charge in [0.2, 0.25) is 0 Å². The summed E-state index contributed by atoms with van der Waals surface area (Å²) in [4.78, 5) is 0. The third-order valence-corrected chi connectivity index (χ3v) is 4.94. The minimum atomic E-state index is 0.0673. The van der Waals surface area contributed by atoms with E-state index in [1.807, 2.05) is 36.4 Å².